The zero-order chi connectivity index (χ0) is 12.0. The second-order valence-electron chi connectivity index (χ2n) is 4.75. The van der Waals surface area contributed by atoms with E-state index in [2.05, 4.69) is 19.2 Å². The van der Waals surface area contributed by atoms with Gasteiger partial charge in [0.2, 0.25) is 0 Å². The second kappa shape index (κ2) is 6.18. The summed E-state index contributed by atoms with van der Waals surface area (Å²) in [4.78, 5) is 11.2. The molecule has 2 heteroatoms. The van der Waals surface area contributed by atoms with Gasteiger partial charge in [-0.3, -0.25) is 4.79 Å². The van der Waals surface area contributed by atoms with Gasteiger partial charge in [-0.2, -0.15) is 0 Å². The molecular weight excluding hydrogens is 174 g/mol. The molecule has 0 atom stereocenters. The molecule has 0 saturated carbocycles. The van der Waals surface area contributed by atoms with Crippen LogP contribution in [0.15, 0.2) is 0 Å². The standard InChI is InChI=1S/C10H21NO.C2H6/c1-8(12)9(2,3)7-10(4,5)11-6;1-2/h11H,7H2,1-6H3;1-2H3. The van der Waals surface area contributed by atoms with Crippen molar-refractivity contribution in [2.24, 2.45) is 5.41 Å². The van der Waals surface area contributed by atoms with Gasteiger partial charge in [-0.1, -0.05) is 27.7 Å². The SMILES string of the molecule is CC.CNC(C)(C)CC(C)(C)C(C)=O. The lowest BCUT2D eigenvalue weighted by molar-refractivity contribution is -0.125. The van der Waals surface area contributed by atoms with E-state index in [1.54, 1.807) is 6.92 Å². The molecule has 14 heavy (non-hydrogen) atoms. The van der Waals surface area contributed by atoms with Crippen LogP contribution in [-0.4, -0.2) is 18.4 Å². The molecule has 0 unspecified atom stereocenters. The van der Waals surface area contributed by atoms with Crippen LogP contribution >= 0.6 is 0 Å². The Labute approximate surface area is 89.5 Å². The van der Waals surface area contributed by atoms with Crippen molar-refractivity contribution in [1.29, 1.82) is 0 Å². The summed E-state index contributed by atoms with van der Waals surface area (Å²) >= 11 is 0. The Balaban J connectivity index is 0. The van der Waals surface area contributed by atoms with Crippen molar-refractivity contribution in [2.45, 2.75) is 60.4 Å². The summed E-state index contributed by atoms with van der Waals surface area (Å²) in [6.07, 6.45) is 0.867. The Morgan fingerprint density at radius 3 is 1.71 bits per heavy atom. The number of hydrogen-bond acceptors (Lipinski definition) is 2. The monoisotopic (exact) mass is 201 g/mol. The largest absolute Gasteiger partial charge is 0.315 e. The van der Waals surface area contributed by atoms with E-state index in [4.69, 9.17) is 0 Å². The van der Waals surface area contributed by atoms with Crippen molar-refractivity contribution < 1.29 is 4.79 Å². The van der Waals surface area contributed by atoms with Crippen molar-refractivity contribution >= 4 is 5.78 Å². The molecule has 0 aliphatic rings. The van der Waals surface area contributed by atoms with Gasteiger partial charge in [0.1, 0.15) is 5.78 Å². The van der Waals surface area contributed by atoms with Gasteiger partial charge in [0, 0.05) is 11.0 Å². The van der Waals surface area contributed by atoms with Crippen LogP contribution in [0.1, 0.15) is 54.9 Å². The maximum absolute atomic E-state index is 11.2. The van der Waals surface area contributed by atoms with Crippen LogP contribution in [0.4, 0.5) is 0 Å². The highest BCUT2D eigenvalue weighted by atomic mass is 16.1. The number of rotatable bonds is 4. The van der Waals surface area contributed by atoms with Gasteiger partial charge in [0.15, 0.2) is 0 Å². The molecule has 0 aromatic rings. The van der Waals surface area contributed by atoms with Crippen LogP contribution in [0.2, 0.25) is 0 Å². The first-order valence-electron chi connectivity index (χ1n) is 5.41. The summed E-state index contributed by atoms with van der Waals surface area (Å²) in [5.41, 5.74) is -0.179. The lowest BCUT2D eigenvalue weighted by atomic mass is 9.77. The van der Waals surface area contributed by atoms with Gasteiger partial charge in [-0.15, -0.1) is 0 Å². The van der Waals surface area contributed by atoms with Crippen LogP contribution in [0.3, 0.4) is 0 Å². The van der Waals surface area contributed by atoms with Gasteiger partial charge < -0.3 is 5.32 Å². The van der Waals surface area contributed by atoms with Gasteiger partial charge in [-0.05, 0) is 34.2 Å². The highest BCUT2D eigenvalue weighted by Gasteiger charge is 2.30. The van der Waals surface area contributed by atoms with Crippen molar-refractivity contribution in [3.63, 3.8) is 0 Å². The first-order chi connectivity index (χ1) is 6.21. The average molecular weight is 201 g/mol. The Morgan fingerprint density at radius 2 is 1.50 bits per heavy atom. The van der Waals surface area contributed by atoms with E-state index in [0.717, 1.165) is 6.42 Å². The van der Waals surface area contributed by atoms with E-state index >= 15 is 0 Å². The summed E-state index contributed by atoms with van der Waals surface area (Å²) in [7, 11) is 1.93. The Bertz CT molecular complexity index is 171. The zero-order valence-corrected chi connectivity index (χ0v) is 11.1. The summed E-state index contributed by atoms with van der Waals surface area (Å²) in [6, 6.07) is 0. The Morgan fingerprint density at radius 1 is 1.14 bits per heavy atom. The van der Waals surface area contributed by atoms with Crippen molar-refractivity contribution in [3.8, 4) is 0 Å². The molecule has 86 valence electrons. The first-order valence-corrected chi connectivity index (χ1v) is 5.41. The summed E-state index contributed by atoms with van der Waals surface area (Å²) in [5.74, 6) is 0.255. The molecule has 0 rings (SSSR count). The molecule has 0 heterocycles. The lowest BCUT2D eigenvalue weighted by Crippen LogP contribution is -2.42. The molecule has 0 radical (unpaired) electrons. The van der Waals surface area contributed by atoms with Crippen molar-refractivity contribution in [3.05, 3.63) is 0 Å². The Kier molecular flexibility index (Phi) is 7.09. The highest BCUT2D eigenvalue weighted by molar-refractivity contribution is 5.81. The minimum absolute atomic E-state index is 0.0369. The molecule has 0 aromatic carbocycles. The van der Waals surface area contributed by atoms with Crippen LogP contribution in [-0.2, 0) is 4.79 Å². The van der Waals surface area contributed by atoms with E-state index < -0.39 is 0 Å². The Hall–Kier alpha value is -0.370. The highest BCUT2D eigenvalue weighted by Crippen LogP contribution is 2.28. The molecule has 0 aliphatic heterocycles. The van der Waals surface area contributed by atoms with Crippen LogP contribution in [0.25, 0.3) is 0 Å². The molecule has 0 aliphatic carbocycles. The maximum Gasteiger partial charge on any atom is 0.135 e. The minimum Gasteiger partial charge on any atom is -0.315 e. The third-order valence-electron chi connectivity index (χ3n) is 2.51. The molecule has 0 fully saturated rings. The molecule has 0 spiro atoms. The first kappa shape index (κ1) is 16.1. The van der Waals surface area contributed by atoms with Crippen LogP contribution in [0.5, 0.6) is 0 Å². The quantitative estimate of drug-likeness (QED) is 0.757. The zero-order valence-electron chi connectivity index (χ0n) is 11.1. The second-order valence-corrected chi connectivity index (χ2v) is 4.75. The van der Waals surface area contributed by atoms with E-state index in [1.807, 2.05) is 34.7 Å². The van der Waals surface area contributed by atoms with Crippen LogP contribution in [0, 0.1) is 5.41 Å². The van der Waals surface area contributed by atoms with Crippen molar-refractivity contribution in [2.75, 3.05) is 7.05 Å². The normalized spacial score (nSPS) is 11.7. The lowest BCUT2D eigenvalue weighted by Gasteiger charge is -2.33. The predicted molar refractivity (Wildman–Crippen MR) is 63.6 cm³/mol. The third-order valence-corrected chi connectivity index (χ3v) is 2.51. The summed E-state index contributed by atoms with van der Waals surface area (Å²) in [5, 5.41) is 3.20. The number of Topliss-reactive ketones (excluding diaryl/α,β-unsaturated/α-hetero) is 1. The summed E-state index contributed by atoms with van der Waals surface area (Å²) in [6.45, 7) is 13.9. The fraction of sp³-hybridized carbons (Fsp3) is 0.917. The van der Waals surface area contributed by atoms with E-state index in [1.165, 1.54) is 0 Å². The maximum atomic E-state index is 11.2. The third kappa shape index (κ3) is 6.14. The fourth-order valence-corrected chi connectivity index (χ4v) is 1.32. The summed E-state index contributed by atoms with van der Waals surface area (Å²) < 4.78 is 0. The van der Waals surface area contributed by atoms with Crippen molar-refractivity contribution in [1.82, 2.24) is 5.32 Å². The smallest absolute Gasteiger partial charge is 0.135 e. The number of ketones is 1. The predicted octanol–water partition coefficient (Wildman–Crippen LogP) is 3.02. The van der Waals surface area contributed by atoms with Crippen LogP contribution < -0.4 is 5.32 Å². The molecular formula is C12H27NO. The molecule has 0 aromatic heterocycles. The van der Waals surface area contributed by atoms with Gasteiger partial charge in [-0.25, -0.2) is 0 Å². The topological polar surface area (TPSA) is 29.1 Å². The van der Waals surface area contributed by atoms with Gasteiger partial charge >= 0.3 is 0 Å². The van der Waals surface area contributed by atoms with Gasteiger partial charge in [0.05, 0.1) is 0 Å². The molecule has 0 amide bonds. The molecule has 1 N–H and O–H groups in total. The average Bonchev–Trinajstić information content (AvgIpc) is 2.06. The minimum atomic E-state index is -0.216. The molecule has 0 bridgehead atoms. The van der Waals surface area contributed by atoms with E-state index in [-0.39, 0.29) is 16.7 Å². The van der Waals surface area contributed by atoms with E-state index in [0.29, 0.717) is 0 Å². The number of nitrogens with one attached hydrogen (secondary N) is 1. The van der Waals surface area contributed by atoms with Gasteiger partial charge in [0.25, 0.3) is 0 Å². The number of carbonyl (C=O) groups is 1. The molecule has 0 saturated heterocycles. The number of hydrogen-bond donors (Lipinski definition) is 1. The number of carbonyl (C=O) groups excluding carboxylic acids is 1. The van der Waals surface area contributed by atoms with E-state index in [9.17, 15) is 4.79 Å². The fourth-order valence-electron chi connectivity index (χ4n) is 1.32. The molecule has 2 nitrogen and oxygen atoms in total.